The maximum Gasteiger partial charge on any atom is 0.416 e. The first-order valence-electron chi connectivity index (χ1n) is 7.81. The number of halogens is 3. The topological polar surface area (TPSA) is 75.3 Å². The van der Waals surface area contributed by atoms with Gasteiger partial charge in [0.2, 0.25) is 0 Å². The molecule has 1 heterocycles. The molecule has 3 rings (SSSR count). The van der Waals surface area contributed by atoms with Crippen LogP contribution in [0.25, 0.3) is 0 Å². The molecule has 0 fully saturated rings. The zero-order valence-electron chi connectivity index (χ0n) is 14.0. The van der Waals surface area contributed by atoms with Gasteiger partial charge in [0.15, 0.2) is 0 Å². The van der Waals surface area contributed by atoms with Gasteiger partial charge in [-0.25, -0.2) is 8.42 Å². The summed E-state index contributed by atoms with van der Waals surface area (Å²) in [5.74, 6) is -0.722. The molecule has 0 radical (unpaired) electrons. The van der Waals surface area contributed by atoms with Crippen LogP contribution in [0.4, 0.5) is 24.5 Å². The molecule has 0 aliphatic carbocycles. The SMILES string of the molecule is O=C(Nc1cccc(C(F)(F)F)c1)c1sccc1NS(=O)(=O)c1ccccc1. The Hall–Kier alpha value is -2.85. The molecule has 1 aromatic heterocycles. The number of rotatable bonds is 5. The zero-order valence-corrected chi connectivity index (χ0v) is 15.7. The van der Waals surface area contributed by atoms with E-state index in [2.05, 4.69) is 10.0 Å². The third-order valence-electron chi connectivity index (χ3n) is 3.62. The Balaban J connectivity index is 1.81. The summed E-state index contributed by atoms with van der Waals surface area (Å²) >= 11 is 0.961. The van der Waals surface area contributed by atoms with E-state index in [-0.39, 0.29) is 21.1 Å². The van der Waals surface area contributed by atoms with Crippen LogP contribution in [0, 0.1) is 0 Å². The van der Waals surface area contributed by atoms with Gasteiger partial charge in [-0.1, -0.05) is 24.3 Å². The van der Waals surface area contributed by atoms with Crippen molar-refractivity contribution >= 4 is 38.6 Å². The lowest BCUT2D eigenvalue weighted by Crippen LogP contribution is -2.17. The van der Waals surface area contributed by atoms with Gasteiger partial charge < -0.3 is 5.32 Å². The third kappa shape index (κ3) is 4.52. The van der Waals surface area contributed by atoms with Crippen molar-refractivity contribution in [3.63, 3.8) is 0 Å². The standard InChI is InChI=1S/C18H13F3N2O3S2/c19-18(20,21)12-5-4-6-13(11-12)22-17(24)16-15(9-10-27-16)23-28(25,26)14-7-2-1-3-8-14/h1-11,23H,(H,22,24). The van der Waals surface area contributed by atoms with Crippen molar-refractivity contribution in [3.05, 3.63) is 76.5 Å². The second-order valence-electron chi connectivity index (χ2n) is 5.61. The lowest BCUT2D eigenvalue weighted by molar-refractivity contribution is -0.137. The van der Waals surface area contributed by atoms with Crippen molar-refractivity contribution in [2.45, 2.75) is 11.1 Å². The number of hydrogen-bond donors (Lipinski definition) is 2. The van der Waals surface area contributed by atoms with Crippen LogP contribution in [0.5, 0.6) is 0 Å². The van der Waals surface area contributed by atoms with Crippen LogP contribution in [0.1, 0.15) is 15.2 Å². The molecule has 1 amide bonds. The maximum atomic E-state index is 12.8. The molecule has 0 spiro atoms. The first-order valence-corrected chi connectivity index (χ1v) is 10.2. The van der Waals surface area contributed by atoms with E-state index in [0.717, 1.165) is 23.5 Å². The summed E-state index contributed by atoms with van der Waals surface area (Å²) in [6.45, 7) is 0. The van der Waals surface area contributed by atoms with Gasteiger partial charge in [0, 0.05) is 5.69 Å². The van der Waals surface area contributed by atoms with Crippen LogP contribution in [-0.2, 0) is 16.2 Å². The molecule has 0 aliphatic heterocycles. The minimum atomic E-state index is -4.54. The molecule has 0 bridgehead atoms. The van der Waals surface area contributed by atoms with Crippen LogP contribution >= 0.6 is 11.3 Å². The highest BCUT2D eigenvalue weighted by Crippen LogP contribution is 2.31. The fourth-order valence-corrected chi connectivity index (χ4v) is 4.23. The monoisotopic (exact) mass is 426 g/mol. The van der Waals surface area contributed by atoms with Gasteiger partial charge in [-0.3, -0.25) is 9.52 Å². The third-order valence-corrected chi connectivity index (χ3v) is 5.91. The Morgan fingerprint density at radius 3 is 2.36 bits per heavy atom. The molecule has 0 aliphatic rings. The molecule has 0 atom stereocenters. The van der Waals surface area contributed by atoms with Gasteiger partial charge in [0.25, 0.3) is 15.9 Å². The van der Waals surface area contributed by atoms with E-state index < -0.39 is 27.7 Å². The Morgan fingerprint density at radius 1 is 0.964 bits per heavy atom. The van der Waals surface area contributed by atoms with E-state index in [0.29, 0.717) is 0 Å². The molecule has 3 aromatic rings. The average Bonchev–Trinajstić information content (AvgIpc) is 3.09. The van der Waals surface area contributed by atoms with Crippen LogP contribution in [0.15, 0.2) is 70.9 Å². The Labute approximate surface area is 162 Å². The number of amides is 1. The predicted octanol–water partition coefficient (Wildman–Crippen LogP) is 4.82. The van der Waals surface area contributed by atoms with Gasteiger partial charge in [0.05, 0.1) is 16.1 Å². The van der Waals surface area contributed by atoms with Crippen LogP contribution < -0.4 is 10.0 Å². The van der Waals surface area contributed by atoms with E-state index >= 15 is 0 Å². The average molecular weight is 426 g/mol. The Bertz CT molecular complexity index is 1090. The second-order valence-corrected chi connectivity index (χ2v) is 8.21. The molecule has 10 heteroatoms. The number of sulfonamides is 1. The number of benzene rings is 2. The lowest BCUT2D eigenvalue weighted by atomic mass is 10.2. The summed E-state index contributed by atoms with van der Waals surface area (Å²) < 4.78 is 65.6. The van der Waals surface area contributed by atoms with E-state index in [1.165, 1.54) is 35.7 Å². The van der Waals surface area contributed by atoms with Crippen LogP contribution in [0.3, 0.4) is 0 Å². The predicted molar refractivity (Wildman–Crippen MR) is 101 cm³/mol. The first-order chi connectivity index (χ1) is 13.2. The van der Waals surface area contributed by atoms with Gasteiger partial charge in [-0.2, -0.15) is 13.2 Å². The van der Waals surface area contributed by atoms with Crippen molar-refractivity contribution in [1.82, 2.24) is 0 Å². The smallest absolute Gasteiger partial charge is 0.321 e. The summed E-state index contributed by atoms with van der Waals surface area (Å²) in [4.78, 5) is 12.5. The summed E-state index contributed by atoms with van der Waals surface area (Å²) in [7, 11) is -3.91. The number of alkyl halides is 3. The lowest BCUT2D eigenvalue weighted by Gasteiger charge is -2.11. The van der Waals surface area contributed by atoms with Crippen molar-refractivity contribution < 1.29 is 26.4 Å². The molecule has 2 N–H and O–H groups in total. The highest BCUT2D eigenvalue weighted by molar-refractivity contribution is 7.92. The van der Waals surface area contributed by atoms with E-state index in [1.807, 2.05) is 0 Å². The quantitative estimate of drug-likeness (QED) is 0.614. The van der Waals surface area contributed by atoms with E-state index in [4.69, 9.17) is 0 Å². The minimum absolute atomic E-state index is 0.0189. The van der Waals surface area contributed by atoms with Crippen molar-refractivity contribution in [2.24, 2.45) is 0 Å². The number of carbonyl (C=O) groups is 1. The molecule has 2 aromatic carbocycles. The highest BCUT2D eigenvalue weighted by Gasteiger charge is 2.30. The molecule has 0 saturated heterocycles. The fourth-order valence-electron chi connectivity index (χ4n) is 2.33. The number of anilines is 2. The van der Waals surface area contributed by atoms with Crippen LogP contribution in [-0.4, -0.2) is 14.3 Å². The number of nitrogens with one attached hydrogen (secondary N) is 2. The summed E-state index contributed by atoms with van der Waals surface area (Å²) in [5.41, 5.74) is -0.912. The van der Waals surface area contributed by atoms with Gasteiger partial charge in [0.1, 0.15) is 4.88 Å². The van der Waals surface area contributed by atoms with Crippen LogP contribution in [0.2, 0.25) is 0 Å². The zero-order chi connectivity index (χ0) is 20.4. The van der Waals surface area contributed by atoms with Gasteiger partial charge >= 0.3 is 6.18 Å². The number of hydrogen-bond acceptors (Lipinski definition) is 4. The number of thiophene rings is 1. The molecular formula is C18H13F3N2O3S2. The molecule has 28 heavy (non-hydrogen) atoms. The molecular weight excluding hydrogens is 413 g/mol. The molecule has 0 unspecified atom stereocenters. The van der Waals surface area contributed by atoms with Crippen molar-refractivity contribution in [2.75, 3.05) is 10.0 Å². The second kappa shape index (κ2) is 7.64. The normalized spacial score (nSPS) is 11.8. The highest BCUT2D eigenvalue weighted by atomic mass is 32.2. The summed E-state index contributed by atoms with van der Waals surface area (Å²) in [6, 6.07) is 13.2. The van der Waals surface area contributed by atoms with Gasteiger partial charge in [-0.05, 0) is 41.8 Å². The number of carbonyl (C=O) groups excluding carboxylic acids is 1. The maximum absolute atomic E-state index is 12.8. The van der Waals surface area contributed by atoms with Gasteiger partial charge in [-0.15, -0.1) is 11.3 Å². The minimum Gasteiger partial charge on any atom is -0.321 e. The summed E-state index contributed by atoms with van der Waals surface area (Å²) in [5, 5.41) is 3.86. The Kier molecular flexibility index (Phi) is 5.43. The largest absolute Gasteiger partial charge is 0.416 e. The molecule has 146 valence electrons. The van der Waals surface area contributed by atoms with E-state index in [1.54, 1.807) is 18.2 Å². The van der Waals surface area contributed by atoms with Crippen molar-refractivity contribution in [3.8, 4) is 0 Å². The molecule has 0 saturated carbocycles. The summed E-state index contributed by atoms with van der Waals surface area (Å²) in [6.07, 6.45) is -4.54. The van der Waals surface area contributed by atoms with E-state index in [9.17, 15) is 26.4 Å². The first kappa shape index (κ1) is 19.9. The van der Waals surface area contributed by atoms with Crippen molar-refractivity contribution in [1.29, 1.82) is 0 Å². The molecule has 5 nitrogen and oxygen atoms in total. The fraction of sp³-hybridized carbons (Fsp3) is 0.0556. The Morgan fingerprint density at radius 2 is 1.68 bits per heavy atom.